The molecule has 2 aromatic rings. The summed E-state index contributed by atoms with van der Waals surface area (Å²) in [6.45, 7) is 3.83. The number of aliphatic hydroxyl groups is 2. The Morgan fingerprint density at radius 3 is 2.68 bits per heavy atom. The molecule has 1 aliphatic heterocycles. The molecule has 0 saturated carbocycles. The SMILES string of the molecule is CN(CCOCCCCCCNC[C@@H](O)c1ccc(O)c(CO)c1)Cc1cccc(N2C(=O)CNC2=O)c1. The highest BCUT2D eigenvalue weighted by Crippen LogP contribution is 2.22. The molecule has 0 bridgehead atoms. The Balaban J connectivity index is 1.19. The summed E-state index contributed by atoms with van der Waals surface area (Å²) in [6, 6.07) is 11.9. The van der Waals surface area contributed by atoms with E-state index in [1.165, 1.54) is 11.0 Å². The summed E-state index contributed by atoms with van der Waals surface area (Å²) in [4.78, 5) is 27.1. The van der Waals surface area contributed by atoms with Crippen LogP contribution >= 0.6 is 0 Å². The summed E-state index contributed by atoms with van der Waals surface area (Å²) >= 11 is 0. The van der Waals surface area contributed by atoms with Crippen molar-refractivity contribution in [2.45, 2.75) is 44.9 Å². The Morgan fingerprint density at radius 2 is 1.92 bits per heavy atom. The van der Waals surface area contributed by atoms with E-state index in [4.69, 9.17) is 4.74 Å². The molecular formula is C28H40N4O6. The third-order valence-corrected chi connectivity index (χ3v) is 6.47. The number of carbonyl (C=O) groups is 2. The molecule has 1 atom stereocenters. The fraction of sp³-hybridized carbons (Fsp3) is 0.500. The van der Waals surface area contributed by atoms with Crippen LogP contribution in [-0.4, -0.2) is 78.6 Å². The van der Waals surface area contributed by atoms with E-state index < -0.39 is 6.10 Å². The Kier molecular flexibility index (Phi) is 12.0. The molecule has 3 rings (SSSR count). The number of urea groups is 1. The molecule has 1 aliphatic rings. The number of rotatable bonds is 17. The van der Waals surface area contributed by atoms with Gasteiger partial charge in [0.15, 0.2) is 0 Å². The molecule has 2 aromatic carbocycles. The van der Waals surface area contributed by atoms with Crippen LogP contribution in [0.4, 0.5) is 10.5 Å². The molecular weight excluding hydrogens is 488 g/mol. The Bertz CT molecular complexity index is 1030. The maximum Gasteiger partial charge on any atom is 0.329 e. The minimum Gasteiger partial charge on any atom is -0.508 e. The number of hydrogen-bond acceptors (Lipinski definition) is 8. The molecule has 38 heavy (non-hydrogen) atoms. The number of nitrogens with one attached hydrogen (secondary N) is 2. The maximum absolute atomic E-state index is 11.9. The second kappa shape index (κ2) is 15.4. The van der Waals surface area contributed by atoms with Crippen LogP contribution in [0.25, 0.3) is 0 Å². The number of nitrogens with zero attached hydrogens (tertiary/aromatic N) is 2. The van der Waals surface area contributed by atoms with Gasteiger partial charge in [-0.05, 0) is 61.8 Å². The first-order valence-corrected chi connectivity index (χ1v) is 13.2. The van der Waals surface area contributed by atoms with Crippen molar-refractivity contribution >= 4 is 17.6 Å². The first kappa shape index (κ1) is 29.5. The predicted octanol–water partition coefficient (Wildman–Crippen LogP) is 2.27. The second-order valence-corrected chi connectivity index (χ2v) is 9.59. The molecule has 0 spiro atoms. The van der Waals surface area contributed by atoms with Crippen molar-refractivity contribution in [3.05, 3.63) is 59.2 Å². The normalized spacial score (nSPS) is 14.4. The van der Waals surface area contributed by atoms with Crippen molar-refractivity contribution in [1.29, 1.82) is 0 Å². The molecule has 5 N–H and O–H groups in total. The smallest absolute Gasteiger partial charge is 0.329 e. The van der Waals surface area contributed by atoms with Crippen molar-refractivity contribution < 1.29 is 29.6 Å². The molecule has 1 saturated heterocycles. The van der Waals surface area contributed by atoms with Gasteiger partial charge in [-0.2, -0.15) is 0 Å². The fourth-order valence-electron chi connectivity index (χ4n) is 4.29. The van der Waals surface area contributed by atoms with E-state index in [-0.39, 0.29) is 30.8 Å². The standard InChI is InChI=1S/C28H40N4O6/c1-31(19-21-7-6-8-24(15-21)32-27(36)18-30-28(32)37)12-14-38-13-5-3-2-4-11-29-17-26(35)22-9-10-25(34)23(16-22)20-33/h6-10,15-16,26,29,33-35H,2-5,11-14,17-20H2,1H3,(H,30,37)/t26-/m1/s1. The monoisotopic (exact) mass is 528 g/mol. The van der Waals surface area contributed by atoms with E-state index in [0.717, 1.165) is 50.9 Å². The third kappa shape index (κ3) is 9.07. The van der Waals surface area contributed by atoms with Gasteiger partial charge < -0.3 is 30.7 Å². The van der Waals surface area contributed by atoms with Gasteiger partial charge in [0.25, 0.3) is 5.91 Å². The number of hydrogen-bond donors (Lipinski definition) is 5. The largest absolute Gasteiger partial charge is 0.508 e. The number of benzene rings is 2. The highest BCUT2D eigenvalue weighted by atomic mass is 16.5. The Hall–Kier alpha value is -3.02. The van der Waals surface area contributed by atoms with Crippen molar-refractivity contribution in [1.82, 2.24) is 15.5 Å². The van der Waals surface area contributed by atoms with E-state index >= 15 is 0 Å². The molecule has 208 valence electrons. The summed E-state index contributed by atoms with van der Waals surface area (Å²) < 4.78 is 5.78. The second-order valence-electron chi connectivity index (χ2n) is 9.59. The molecule has 1 fully saturated rings. The summed E-state index contributed by atoms with van der Waals surface area (Å²) in [5, 5.41) is 34.9. The zero-order valence-corrected chi connectivity index (χ0v) is 22.1. The molecule has 10 heteroatoms. The van der Waals surface area contributed by atoms with Gasteiger partial charge >= 0.3 is 6.03 Å². The number of amides is 3. The summed E-state index contributed by atoms with van der Waals surface area (Å²) in [5.74, 6) is -0.212. The molecule has 0 unspecified atom stereocenters. The van der Waals surface area contributed by atoms with E-state index in [1.807, 2.05) is 25.2 Å². The summed E-state index contributed by atoms with van der Waals surface area (Å²) in [6.07, 6.45) is 3.47. The van der Waals surface area contributed by atoms with E-state index in [0.29, 0.717) is 36.5 Å². The van der Waals surface area contributed by atoms with Gasteiger partial charge in [-0.3, -0.25) is 9.69 Å². The van der Waals surface area contributed by atoms with Gasteiger partial charge in [-0.1, -0.05) is 31.0 Å². The minimum atomic E-state index is -0.688. The maximum atomic E-state index is 11.9. The van der Waals surface area contributed by atoms with Crippen LogP contribution in [0, 0.1) is 0 Å². The summed E-state index contributed by atoms with van der Waals surface area (Å²) in [5.41, 5.74) is 2.70. The van der Waals surface area contributed by atoms with Gasteiger partial charge in [0, 0.05) is 31.8 Å². The Labute approximate surface area is 224 Å². The quantitative estimate of drug-likeness (QED) is 0.156. The van der Waals surface area contributed by atoms with Crippen LogP contribution in [0.5, 0.6) is 5.75 Å². The lowest BCUT2D eigenvalue weighted by Gasteiger charge is -2.18. The van der Waals surface area contributed by atoms with Crippen LogP contribution < -0.4 is 15.5 Å². The average Bonchev–Trinajstić information content (AvgIpc) is 3.25. The number of imide groups is 1. The van der Waals surface area contributed by atoms with Crippen LogP contribution in [0.3, 0.4) is 0 Å². The van der Waals surface area contributed by atoms with Gasteiger partial charge in [0.2, 0.25) is 0 Å². The number of phenols is 1. The lowest BCUT2D eigenvalue weighted by molar-refractivity contribution is -0.115. The fourth-order valence-corrected chi connectivity index (χ4v) is 4.29. The number of likely N-dealkylation sites (N-methyl/N-ethyl adjacent to an activating group) is 1. The first-order valence-electron chi connectivity index (χ1n) is 13.2. The van der Waals surface area contributed by atoms with Crippen LogP contribution in [0.15, 0.2) is 42.5 Å². The predicted molar refractivity (Wildman–Crippen MR) is 145 cm³/mol. The lowest BCUT2D eigenvalue weighted by Crippen LogP contribution is -2.30. The number of unbranched alkanes of at least 4 members (excludes halogenated alkanes) is 3. The van der Waals surface area contributed by atoms with Crippen LogP contribution in [0.2, 0.25) is 0 Å². The van der Waals surface area contributed by atoms with Gasteiger partial charge in [-0.15, -0.1) is 0 Å². The van der Waals surface area contributed by atoms with E-state index in [2.05, 4.69) is 15.5 Å². The van der Waals surface area contributed by atoms with Gasteiger partial charge in [0.05, 0.1) is 31.5 Å². The van der Waals surface area contributed by atoms with Crippen molar-refractivity contribution in [3.63, 3.8) is 0 Å². The third-order valence-electron chi connectivity index (χ3n) is 6.47. The number of anilines is 1. The highest BCUT2D eigenvalue weighted by Gasteiger charge is 2.29. The molecule has 0 aliphatic carbocycles. The molecule has 3 amide bonds. The van der Waals surface area contributed by atoms with Crippen LogP contribution in [-0.2, 0) is 22.7 Å². The van der Waals surface area contributed by atoms with Gasteiger partial charge in [-0.25, -0.2) is 9.69 Å². The number of aromatic hydroxyl groups is 1. The topological polar surface area (TPSA) is 135 Å². The zero-order chi connectivity index (χ0) is 27.3. The number of ether oxygens (including phenoxy) is 1. The van der Waals surface area contributed by atoms with Crippen molar-refractivity contribution in [2.75, 3.05) is 51.3 Å². The van der Waals surface area contributed by atoms with Crippen LogP contribution in [0.1, 0.15) is 48.5 Å². The molecule has 1 heterocycles. The lowest BCUT2D eigenvalue weighted by atomic mass is 10.1. The minimum absolute atomic E-state index is 0.0309. The number of aliphatic hydroxyl groups excluding tert-OH is 2. The Morgan fingerprint density at radius 1 is 1.11 bits per heavy atom. The zero-order valence-electron chi connectivity index (χ0n) is 22.1. The molecule has 0 radical (unpaired) electrons. The molecule has 0 aromatic heterocycles. The average molecular weight is 529 g/mol. The van der Waals surface area contributed by atoms with Crippen molar-refractivity contribution in [3.8, 4) is 5.75 Å². The molecule has 10 nitrogen and oxygen atoms in total. The van der Waals surface area contributed by atoms with Gasteiger partial charge in [0.1, 0.15) is 5.75 Å². The number of carbonyl (C=O) groups excluding carboxylic acids is 2. The van der Waals surface area contributed by atoms with E-state index in [9.17, 15) is 24.9 Å². The van der Waals surface area contributed by atoms with Crippen molar-refractivity contribution in [2.24, 2.45) is 0 Å². The first-order chi connectivity index (χ1) is 18.4. The van der Waals surface area contributed by atoms with E-state index in [1.54, 1.807) is 18.2 Å². The summed E-state index contributed by atoms with van der Waals surface area (Å²) in [7, 11) is 2.01. The highest BCUT2D eigenvalue weighted by molar-refractivity contribution is 6.19.